The van der Waals surface area contributed by atoms with Gasteiger partial charge in [-0.25, -0.2) is 0 Å². The highest BCUT2D eigenvalue weighted by atomic mass is 16.6. The molecule has 0 aromatic carbocycles. The highest BCUT2D eigenvalue weighted by molar-refractivity contribution is 5.01. The van der Waals surface area contributed by atoms with Crippen LogP contribution in [0.5, 0.6) is 6.08 Å². The van der Waals surface area contributed by atoms with Gasteiger partial charge in [0.1, 0.15) is 11.9 Å². The van der Waals surface area contributed by atoms with Gasteiger partial charge < -0.3 is 14.5 Å². The van der Waals surface area contributed by atoms with Crippen LogP contribution in [0.4, 0.5) is 0 Å². The number of aromatic nitrogens is 1. The topological polar surface area (TPSA) is 47.3 Å². The lowest BCUT2D eigenvalue weighted by Gasteiger charge is -2.19. The molecule has 0 bridgehead atoms. The van der Waals surface area contributed by atoms with Gasteiger partial charge in [-0.15, -0.1) is 0 Å². The SMILES string of the molecule is CC(C)(C)NCc1coc(OC(C)(C)C)n1. The predicted molar refractivity (Wildman–Crippen MR) is 63.5 cm³/mol. The molecular formula is C12H22N2O2. The molecule has 0 atom stereocenters. The van der Waals surface area contributed by atoms with E-state index in [0.29, 0.717) is 12.6 Å². The molecule has 0 fully saturated rings. The van der Waals surface area contributed by atoms with Gasteiger partial charge in [0, 0.05) is 12.1 Å². The van der Waals surface area contributed by atoms with Crippen molar-refractivity contribution in [1.82, 2.24) is 10.3 Å². The zero-order valence-corrected chi connectivity index (χ0v) is 11.0. The number of nitrogens with zero attached hydrogens (tertiary/aromatic N) is 1. The highest BCUT2D eigenvalue weighted by Gasteiger charge is 2.16. The van der Waals surface area contributed by atoms with E-state index in [0.717, 1.165) is 5.69 Å². The molecule has 0 radical (unpaired) electrons. The van der Waals surface area contributed by atoms with E-state index in [1.165, 1.54) is 0 Å². The molecule has 1 N–H and O–H groups in total. The van der Waals surface area contributed by atoms with Gasteiger partial charge in [-0.05, 0) is 41.5 Å². The largest absolute Gasteiger partial charge is 0.444 e. The van der Waals surface area contributed by atoms with E-state index >= 15 is 0 Å². The van der Waals surface area contributed by atoms with Crippen LogP contribution in [0.2, 0.25) is 0 Å². The fraction of sp³-hybridized carbons (Fsp3) is 0.750. The summed E-state index contributed by atoms with van der Waals surface area (Å²) in [6.07, 6.45) is 1.96. The van der Waals surface area contributed by atoms with Crippen LogP contribution in [0.25, 0.3) is 0 Å². The van der Waals surface area contributed by atoms with E-state index in [9.17, 15) is 0 Å². The van der Waals surface area contributed by atoms with Gasteiger partial charge in [0.15, 0.2) is 0 Å². The van der Waals surface area contributed by atoms with Gasteiger partial charge in [-0.1, -0.05) is 0 Å². The Kier molecular flexibility index (Phi) is 3.63. The lowest BCUT2D eigenvalue weighted by atomic mass is 10.1. The van der Waals surface area contributed by atoms with Crippen molar-refractivity contribution in [2.75, 3.05) is 0 Å². The molecule has 0 aliphatic heterocycles. The third-order valence-electron chi connectivity index (χ3n) is 1.72. The van der Waals surface area contributed by atoms with Crippen LogP contribution < -0.4 is 10.1 Å². The summed E-state index contributed by atoms with van der Waals surface area (Å²) in [7, 11) is 0. The van der Waals surface area contributed by atoms with Gasteiger partial charge in [0.25, 0.3) is 0 Å². The van der Waals surface area contributed by atoms with Gasteiger partial charge in [-0.2, -0.15) is 4.98 Å². The van der Waals surface area contributed by atoms with E-state index in [1.54, 1.807) is 6.26 Å². The summed E-state index contributed by atoms with van der Waals surface area (Å²) in [5.74, 6) is 0. The zero-order valence-electron chi connectivity index (χ0n) is 11.0. The first-order valence-corrected chi connectivity index (χ1v) is 5.54. The van der Waals surface area contributed by atoms with Gasteiger partial charge in [0.05, 0.1) is 5.69 Å². The third kappa shape index (κ3) is 5.16. The van der Waals surface area contributed by atoms with Crippen molar-refractivity contribution in [2.24, 2.45) is 0 Å². The fourth-order valence-electron chi connectivity index (χ4n) is 1.03. The molecule has 0 spiro atoms. The Morgan fingerprint density at radius 1 is 1.25 bits per heavy atom. The van der Waals surface area contributed by atoms with Crippen LogP contribution in [0.15, 0.2) is 10.7 Å². The molecule has 1 aromatic heterocycles. The van der Waals surface area contributed by atoms with Crippen LogP contribution in [0, 0.1) is 0 Å². The zero-order chi connectivity index (χ0) is 12.4. The molecule has 0 amide bonds. The van der Waals surface area contributed by atoms with Crippen molar-refractivity contribution >= 4 is 0 Å². The van der Waals surface area contributed by atoms with Crippen LogP contribution in [0.3, 0.4) is 0 Å². The number of rotatable bonds is 3. The molecule has 92 valence electrons. The highest BCUT2D eigenvalue weighted by Crippen LogP contribution is 2.17. The van der Waals surface area contributed by atoms with Crippen LogP contribution in [-0.2, 0) is 6.54 Å². The minimum Gasteiger partial charge on any atom is -0.444 e. The van der Waals surface area contributed by atoms with E-state index in [-0.39, 0.29) is 11.1 Å². The molecule has 4 heteroatoms. The molecule has 0 saturated heterocycles. The Hall–Kier alpha value is -1.03. The van der Waals surface area contributed by atoms with Crippen molar-refractivity contribution < 1.29 is 9.15 Å². The van der Waals surface area contributed by atoms with Crippen molar-refractivity contribution in [3.05, 3.63) is 12.0 Å². The van der Waals surface area contributed by atoms with Gasteiger partial charge in [0.2, 0.25) is 0 Å². The minimum atomic E-state index is -0.278. The normalized spacial score (nSPS) is 12.9. The number of nitrogens with one attached hydrogen (secondary N) is 1. The Balaban J connectivity index is 2.52. The second-order valence-electron chi connectivity index (χ2n) is 5.92. The standard InChI is InChI=1S/C12H22N2O2/c1-11(2,3)13-7-9-8-15-10(14-9)16-12(4,5)6/h8,13H,7H2,1-6H3. The van der Waals surface area contributed by atoms with E-state index in [4.69, 9.17) is 9.15 Å². The van der Waals surface area contributed by atoms with E-state index in [1.807, 2.05) is 20.8 Å². The first kappa shape index (κ1) is 13.0. The predicted octanol–water partition coefficient (Wildman–Crippen LogP) is 2.74. The second-order valence-corrected chi connectivity index (χ2v) is 5.92. The molecule has 1 rings (SSSR count). The molecule has 16 heavy (non-hydrogen) atoms. The first-order chi connectivity index (χ1) is 7.16. The summed E-state index contributed by atoms with van der Waals surface area (Å²) in [6.45, 7) is 12.9. The van der Waals surface area contributed by atoms with Gasteiger partial charge in [-0.3, -0.25) is 0 Å². The van der Waals surface area contributed by atoms with Gasteiger partial charge >= 0.3 is 6.08 Å². The Labute approximate surface area is 97.4 Å². The first-order valence-electron chi connectivity index (χ1n) is 5.54. The Morgan fingerprint density at radius 2 is 1.88 bits per heavy atom. The molecule has 0 unspecified atom stereocenters. The van der Waals surface area contributed by atoms with Crippen molar-refractivity contribution in [3.8, 4) is 6.08 Å². The fourth-order valence-corrected chi connectivity index (χ4v) is 1.03. The maximum absolute atomic E-state index is 5.51. The van der Waals surface area contributed by atoms with E-state index < -0.39 is 0 Å². The lowest BCUT2D eigenvalue weighted by Crippen LogP contribution is -2.35. The van der Waals surface area contributed by atoms with Crippen molar-refractivity contribution in [3.63, 3.8) is 0 Å². The van der Waals surface area contributed by atoms with Crippen LogP contribution in [0.1, 0.15) is 47.2 Å². The Bertz CT molecular complexity index is 332. The van der Waals surface area contributed by atoms with Crippen LogP contribution in [-0.4, -0.2) is 16.1 Å². The number of oxazole rings is 1. The van der Waals surface area contributed by atoms with E-state index in [2.05, 4.69) is 31.1 Å². The maximum atomic E-state index is 5.51. The number of hydrogen-bond acceptors (Lipinski definition) is 4. The molecular weight excluding hydrogens is 204 g/mol. The molecule has 0 aliphatic carbocycles. The molecule has 4 nitrogen and oxygen atoms in total. The summed E-state index contributed by atoms with van der Waals surface area (Å²) in [6, 6.07) is 0. The van der Waals surface area contributed by atoms with Crippen molar-refractivity contribution in [1.29, 1.82) is 0 Å². The summed E-state index contributed by atoms with van der Waals surface area (Å²) in [4.78, 5) is 4.25. The third-order valence-corrected chi connectivity index (χ3v) is 1.72. The summed E-state index contributed by atoms with van der Waals surface area (Å²) < 4.78 is 10.7. The summed E-state index contributed by atoms with van der Waals surface area (Å²) in [5, 5.41) is 3.34. The molecule has 0 aliphatic rings. The minimum absolute atomic E-state index is 0.0734. The number of hydrogen-bond donors (Lipinski definition) is 1. The van der Waals surface area contributed by atoms with Crippen LogP contribution >= 0.6 is 0 Å². The van der Waals surface area contributed by atoms with Crippen molar-refractivity contribution in [2.45, 2.75) is 59.2 Å². The smallest absolute Gasteiger partial charge is 0.394 e. The molecule has 1 heterocycles. The average Bonchev–Trinajstić information content (AvgIpc) is 2.44. The summed E-state index contributed by atoms with van der Waals surface area (Å²) >= 11 is 0. The Morgan fingerprint density at radius 3 is 2.38 bits per heavy atom. The lowest BCUT2D eigenvalue weighted by molar-refractivity contribution is 0.0873. The molecule has 1 aromatic rings. The molecule has 0 saturated carbocycles. The maximum Gasteiger partial charge on any atom is 0.394 e. The quantitative estimate of drug-likeness (QED) is 0.861. The summed E-state index contributed by atoms with van der Waals surface area (Å²) in [5.41, 5.74) is 0.651. The number of ether oxygens (including phenoxy) is 1. The second kappa shape index (κ2) is 4.45. The monoisotopic (exact) mass is 226 g/mol. The average molecular weight is 226 g/mol.